The Morgan fingerprint density at radius 3 is 2.35 bits per heavy atom. The molecule has 3 rings (SSSR count). The predicted molar refractivity (Wildman–Crippen MR) is 95.2 cm³/mol. The number of ether oxygens (including phenoxy) is 1. The average Bonchev–Trinajstić information content (AvgIpc) is 3.17. The van der Waals surface area contributed by atoms with Crippen LogP contribution in [-0.2, 0) is 31.6 Å². The number of imidazole rings is 1. The van der Waals surface area contributed by atoms with Gasteiger partial charge >= 0.3 is 29.2 Å². The molecular weight excluding hydrogens is 491 g/mol. The van der Waals surface area contributed by atoms with Crippen LogP contribution in [0, 0.1) is 0 Å². The van der Waals surface area contributed by atoms with Crippen LogP contribution in [0.15, 0.2) is 29.5 Å². The second kappa shape index (κ2) is 8.57. The van der Waals surface area contributed by atoms with Crippen LogP contribution in [0.5, 0.6) is 0 Å². The molecule has 3 heterocycles. The minimum Gasteiger partial charge on any atom is -0.387 e. The molecule has 0 aromatic carbocycles. The molecule has 2 unspecified atom stereocenters. The summed E-state index contributed by atoms with van der Waals surface area (Å²) in [6.07, 6.45) is -2.45. The normalized spacial score (nSPS) is 28.5. The third-order valence-corrected chi connectivity index (χ3v) is 7.71. The lowest BCUT2D eigenvalue weighted by Gasteiger charge is -2.19. The van der Waals surface area contributed by atoms with Gasteiger partial charge in [0, 0.05) is 18.6 Å². The van der Waals surface area contributed by atoms with E-state index in [4.69, 9.17) is 19.4 Å². The summed E-state index contributed by atoms with van der Waals surface area (Å²) >= 11 is 0. The van der Waals surface area contributed by atoms with Crippen molar-refractivity contribution >= 4 is 29.1 Å². The lowest BCUT2D eigenvalue weighted by Crippen LogP contribution is -2.36. The van der Waals surface area contributed by atoms with Crippen LogP contribution in [0.2, 0.25) is 0 Å². The van der Waals surface area contributed by atoms with E-state index in [-0.39, 0.29) is 0 Å². The fourth-order valence-electron chi connectivity index (χ4n) is 2.70. The summed E-state index contributed by atoms with van der Waals surface area (Å²) in [5, 5.41) is 20.3. The maximum absolute atomic E-state index is 12.5. The van der Waals surface area contributed by atoms with Gasteiger partial charge in [0.1, 0.15) is 24.0 Å². The van der Waals surface area contributed by atoms with E-state index in [0.29, 0.717) is 5.65 Å². The first-order chi connectivity index (χ1) is 14.2. The Kier molecular flexibility index (Phi) is 6.73. The van der Waals surface area contributed by atoms with Crippen LogP contribution in [0.25, 0.3) is 5.65 Å². The molecule has 31 heavy (non-hydrogen) atoms. The Labute approximate surface area is 171 Å². The van der Waals surface area contributed by atoms with Crippen molar-refractivity contribution in [3.8, 4) is 0 Å². The fourth-order valence-corrected chi connectivity index (χ4v) is 5.73. The number of hydrogen-bond acceptors (Lipinski definition) is 11. The third-order valence-electron chi connectivity index (χ3n) is 3.91. The van der Waals surface area contributed by atoms with Gasteiger partial charge in [-0.05, 0) is 6.07 Å². The van der Waals surface area contributed by atoms with Crippen molar-refractivity contribution in [1.82, 2.24) is 14.0 Å². The molecule has 0 spiro atoms. The lowest BCUT2D eigenvalue weighted by atomic mass is 10.1. The van der Waals surface area contributed by atoms with Crippen LogP contribution < -0.4 is 5.69 Å². The minimum absolute atomic E-state index is 0.304. The van der Waals surface area contributed by atoms with Gasteiger partial charge in [-0.3, -0.25) is 13.5 Å². The first-order valence-corrected chi connectivity index (χ1v) is 12.6. The number of rotatable bonds is 8. The quantitative estimate of drug-likeness (QED) is 0.222. The van der Waals surface area contributed by atoms with Crippen molar-refractivity contribution < 1.29 is 61.4 Å². The zero-order valence-electron chi connectivity index (χ0n) is 15.0. The van der Waals surface area contributed by atoms with E-state index < -0.39 is 60.3 Å². The first-order valence-electron chi connectivity index (χ1n) is 8.03. The summed E-state index contributed by atoms with van der Waals surface area (Å²) in [5.74, 6) is 0. The molecule has 2 aromatic rings. The first kappa shape index (κ1) is 24.4. The van der Waals surface area contributed by atoms with Gasteiger partial charge in [0.05, 0.1) is 6.61 Å². The molecule has 1 fully saturated rings. The minimum atomic E-state index is -5.72. The molecule has 1 aliphatic heterocycles. The Morgan fingerprint density at radius 1 is 1.03 bits per heavy atom. The fraction of sp³-hybridized carbons (Fsp3) is 0.455. The third kappa shape index (κ3) is 5.74. The van der Waals surface area contributed by atoms with E-state index in [0.717, 1.165) is 8.97 Å². The number of fused-ring (bicyclic) bond motifs is 1. The highest BCUT2D eigenvalue weighted by Gasteiger charge is 2.46. The Bertz CT molecular complexity index is 1160. The number of phosphoric acid groups is 3. The molecule has 17 nitrogen and oxygen atoms in total. The van der Waals surface area contributed by atoms with Gasteiger partial charge in [0.15, 0.2) is 6.23 Å². The van der Waals surface area contributed by atoms with Crippen LogP contribution >= 0.6 is 23.5 Å². The molecular formula is C11H16N3O14P3. The molecule has 2 aromatic heterocycles. The molecule has 174 valence electrons. The molecule has 6 atom stereocenters. The topological polar surface area (TPSA) is 249 Å². The predicted octanol–water partition coefficient (Wildman–Crippen LogP) is -1.54. The van der Waals surface area contributed by atoms with Gasteiger partial charge < -0.3 is 34.5 Å². The molecule has 0 saturated carbocycles. The number of hydrogen-bond donors (Lipinski definition) is 6. The molecule has 1 saturated heterocycles. The summed E-state index contributed by atoms with van der Waals surface area (Å²) < 4.78 is 52.5. The van der Waals surface area contributed by atoms with Crippen LogP contribution in [0.3, 0.4) is 0 Å². The van der Waals surface area contributed by atoms with Crippen LogP contribution in [-0.4, -0.2) is 68.7 Å². The smallest absolute Gasteiger partial charge is 0.387 e. The van der Waals surface area contributed by atoms with Gasteiger partial charge in [-0.25, -0.2) is 23.5 Å². The van der Waals surface area contributed by atoms with E-state index in [2.05, 4.69) is 18.1 Å². The van der Waals surface area contributed by atoms with Gasteiger partial charge in [-0.1, -0.05) is 0 Å². The number of aliphatic hydroxyl groups is 2. The monoisotopic (exact) mass is 507 g/mol. The van der Waals surface area contributed by atoms with E-state index in [1.54, 1.807) is 0 Å². The Hall–Kier alpha value is -1.29. The summed E-state index contributed by atoms with van der Waals surface area (Å²) in [6.45, 7) is -1.000. The highest BCUT2D eigenvalue weighted by molar-refractivity contribution is 7.66. The van der Waals surface area contributed by atoms with E-state index in [1.807, 2.05) is 0 Å². The van der Waals surface area contributed by atoms with Crippen LogP contribution in [0.4, 0.5) is 0 Å². The van der Waals surface area contributed by atoms with Crippen molar-refractivity contribution in [1.29, 1.82) is 0 Å². The van der Waals surface area contributed by atoms with E-state index in [1.165, 1.54) is 24.7 Å². The van der Waals surface area contributed by atoms with Crippen molar-refractivity contribution in [3.05, 3.63) is 35.1 Å². The van der Waals surface area contributed by atoms with Crippen LogP contribution in [0.1, 0.15) is 6.23 Å². The number of aromatic nitrogens is 3. The van der Waals surface area contributed by atoms with Crippen molar-refractivity contribution in [3.63, 3.8) is 0 Å². The molecule has 0 bridgehead atoms. The zero-order chi connectivity index (χ0) is 23.2. The van der Waals surface area contributed by atoms with Crippen molar-refractivity contribution in [2.75, 3.05) is 6.61 Å². The van der Waals surface area contributed by atoms with Crippen molar-refractivity contribution in [2.45, 2.75) is 24.5 Å². The van der Waals surface area contributed by atoms with E-state index in [9.17, 15) is 33.6 Å². The largest absolute Gasteiger partial charge is 0.490 e. The molecule has 6 N–H and O–H groups in total. The Morgan fingerprint density at radius 2 is 1.71 bits per heavy atom. The highest BCUT2D eigenvalue weighted by Crippen LogP contribution is 2.66. The second-order valence-electron chi connectivity index (χ2n) is 6.09. The number of phosphoric ester groups is 1. The molecule has 1 aliphatic rings. The molecule has 0 radical (unpaired) electrons. The average molecular weight is 507 g/mol. The lowest BCUT2D eigenvalue weighted by molar-refractivity contribution is -0.0543. The summed E-state index contributed by atoms with van der Waals surface area (Å²) in [4.78, 5) is 51.9. The number of nitrogens with zero attached hydrogens (tertiary/aromatic N) is 3. The second-order valence-corrected chi connectivity index (χ2v) is 10.5. The van der Waals surface area contributed by atoms with Gasteiger partial charge in [0.25, 0.3) is 0 Å². The van der Waals surface area contributed by atoms with Gasteiger partial charge in [-0.15, -0.1) is 0 Å². The maximum atomic E-state index is 12.5. The highest BCUT2D eigenvalue weighted by atomic mass is 31.3. The number of aliphatic hydroxyl groups excluding tert-OH is 2. The molecule has 20 heteroatoms. The van der Waals surface area contributed by atoms with E-state index >= 15 is 0 Å². The summed E-state index contributed by atoms with van der Waals surface area (Å²) in [6, 6.07) is 1.42. The SMILES string of the molecule is O=c1n([C@@H]2O[C@H](COP(=O)(O)OP(=O)(O)OP(=O)(O)O)[C@@H](O)[C@H]2O)ccc2nccn12. The molecule has 0 amide bonds. The summed E-state index contributed by atoms with van der Waals surface area (Å²) in [7, 11) is -16.7. The Balaban J connectivity index is 1.69. The summed E-state index contributed by atoms with van der Waals surface area (Å²) in [5.41, 5.74) is -0.377. The standard InChI is InChI=1S/C11H16N3O14P3/c15-8-6(5-25-30(21,22)28-31(23,24)27-29(18,19)20)26-10(9(8)16)14-3-1-7-12-2-4-13(7)11(14)17/h1-4,6,8-10,15-16H,5H2,(H,21,22)(H,23,24)(H2,18,19,20)/t6-,8-,9-,10-/m1/s1. The zero-order valence-corrected chi connectivity index (χ0v) is 17.6. The van der Waals surface area contributed by atoms with Gasteiger partial charge in [-0.2, -0.15) is 8.62 Å². The van der Waals surface area contributed by atoms with Crippen molar-refractivity contribution in [2.24, 2.45) is 0 Å². The van der Waals surface area contributed by atoms with Gasteiger partial charge in [0.2, 0.25) is 0 Å². The maximum Gasteiger partial charge on any atom is 0.490 e. The molecule has 0 aliphatic carbocycles.